The summed E-state index contributed by atoms with van der Waals surface area (Å²) in [6, 6.07) is 6.20. The number of anilines is 1. The number of nitrogens with two attached hydrogens (primary N) is 1. The first kappa shape index (κ1) is 11.5. The smallest absolute Gasteiger partial charge is 0.201 e. The molecule has 96 valence electrons. The van der Waals surface area contributed by atoms with Gasteiger partial charge in [0.15, 0.2) is 0 Å². The Morgan fingerprint density at radius 3 is 3.06 bits per heavy atom. The van der Waals surface area contributed by atoms with Gasteiger partial charge in [-0.05, 0) is 43.4 Å². The third-order valence-electron chi connectivity index (χ3n) is 3.44. The van der Waals surface area contributed by atoms with Gasteiger partial charge in [-0.15, -0.1) is 0 Å². The second-order valence-corrected chi connectivity index (χ2v) is 5.13. The number of aromatic nitrogens is 2. The minimum Gasteiger partial charge on any atom is -0.379 e. The number of nitrogen functional groups attached to an aromatic ring is 1. The zero-order chi connectivity index (χ0) is 12.5. The molecule has 3 rings (SSSR count). The summed E-state index contributed by atoms with van der Waals surface area (Å²) in [5.74, 6) is 1.38. The fourth-order valence-corrected chi connectivity index (χ4v) is 2.18. The molecule has 1 aliphatic rings. The van der Waals surface area contributed by atoms with Crippen LogP contribution < -0.4 is 5.73 Å². The molecule has 2 aromatic rings. The molecule has 0 aliphatic heterocycles. The van der Waals surface area contributed by atoms with E-state index >= 15 is 0 Å². The third kappa shape index (κ3) is 2.34. The monoisotopic (exact) mass is 245 g/mol. The van der Waals surface area contributed by atoms with Crippen molar-refractivity contribution in [3.8, 4) is 0 Å². The Bertz CT molecular complexity index is 557. The van der Waals surface area contributed by atoms with Gasteiger partial charge in [0.05, 0.1) is 17.6 Å². The van der Waals surface area contributed by atoms with Crippen molar-refractivity contribution in [3.05, 3.63) is 23.8 Å². The van der Waals surface area contributed by atoms with Crippen molar-refractivity contribution in [1.29, 1.82) is 0 Å². The summed E-state index contributed by atoms with van der Waals surface area (Å²) in [5.41, 5.74) is 9.24. The van der Waals surface area contributed by atoms with E-state index in [1.165, 1.54) is 18.4 Å². The van der Waals surface area contributed by atoms with Crippen LogP contribution in [0.3, 0.4) is 0 Å². The van der Waals surface area contributed by atoms with Crippen LogP contribution in [-0.4, -0.2) is 22.8 Å². The molecule has 1 aromatic carbocycles. The molecule has 0 bridgehead atoms. The fourth-order valence-electron chi connectivity index (χ4n) is 2.18. The first-order valence-corrected chi connectivity index (χ1v) is 6.54. The number of hydrogen-bond acceptors (Lipinski definition) is 3. The van der Waals surface area contributed by atoms with Crippen LogP contribution in [0, 0.1) is 12.8 Å². The van der Waals surface area contributed by atoms with Crippen molar-refractivity contribution >= 4 is 17.0 Å². The lowest BCUT2D eigenvalue weighted by atomic mass is 10.2. The lowest BCUT2D eigenvalue weighted by molar-refractivity contribution is 0.118. The van der Waals surface area contributed by atoms with E-state index in [4.69, 9.17) is 10.5 Å². The van der Waals surface area contributed by atoms with E-state index in [1.807, 2.05) is 10.6 Å². The van der Waals surface area contributed by atoms with E-state index in [0.29, 0.717) is 12.6 Å². The maximum atomic E-state index is 5.95. The number of hydrogen-bond donors (Lipinski definition) is 1. The summed E-state index contributed by atoms with van der Waals surface area (Å²) in [4.78, 5) is 4.37. The van der Waals surface area contributed by atoms with Gasteiger partial charge in [-0.1, -0.05) is 6.07 Å². The van der Waals surface area contributed by atoms with Crippen LogP contribution in [0.5, 0.6) is 0 Å². The number of ether oxygens (including phenoxy) is 1. The highest BCUT2D eigenvalue weighted by Crippen LogP contribution is 2.28. The molecular weight excluding hydrogens is 226 g/mol. The largest absolute Gasteiger partial charge is 0.379 e. The lowest BCUT2D eigenvalue weighted by Crippen LogP contribution is -2.10. The summed E-state index contributed by atoms with van der Waals surface area (Å²) in [6.07, 6.45) is 2.66. The van der Waals surface area contributed by atoms with Crippen LogP contribution in [0.2, 0.25) is 0 Å². The van der Waals surface area contributed by atoms with Crippen LogP contribution in [-0.2, 0) is 11.3 Å². The van der Waals surface area contributed by atoms with E-state index in [2.05, 4.69) is 24.0 Å². The summed E-state index contributed by atoms with van der Waals surface area (Å²) in [5, 5.41) is 0. The highest BCUT2D eigenvalue weighted by molar-refractivity contribution is 5.79. The zero-order valence-corrected chi connectivity index (χ0v) is 10.7. The molecule has 0 amide bonds. The second kappa shape index (κ2) is 4.61. The van der Waals surface area contributed by atoms with Gasteiger partial charge in [0.1, 0.15) is 0 Å². The SMILES string of the molecule is Cc1ccc2nc(N)n(CCOCC3CC3)c2c1. The van der Waals surface area contributed by atoms with Gasteiger partial charge in [-0.2, -0.15) is 0 Å². The Balaban J connectivity index is 1.72. The molecule has 1 aromatic heterocycles. The second-order valence-electron chi connectivity index (χ2n) is 5.13. The van der Waals surface area contributed by atoms with Crippen molar-refractivity contribution < 1.29 is 4.74 Å². The van der Waals surface area contributed by atoms with Crippen molar-refractivity contribution in [2.24, 2.45) is 5.92 Å². The molecule has 2 N–H and O–H groups in total. The maximum Gasteiger partial charge on any atom is 0.201 e. The Morgan fingerprint density at radius 2 is 2.28 bits per heavy atom. The molecule has 0 saturated heterocycles. The molecule has 18 heavy (non-hydrogen) atoms. The standard InChI is InChI=1S/C14H19N3O/c1-10-2-5-12-13(8-10)17(14(15)16-12)6-7-18-9-11-3-4-11/h2,5,8,11H,3-4,6-7,9H2,1H3,(H2,15,16). The van der Waals surface area contributed by atoms with Crippen molar-refractivity contribution in [2.45, 2.75) is 26.3 Å². The van der Waals surface area contributed by atoms with Gasteiger partial charge in [-0.25, -0.2) is 4.98 Å². The van der Waals surface area contributed by atoms with Crippen LogP contribution in [0.1, 0.15) is 18.4 Å². The molecule has 1 aliphatic carbocycles. The van der Waals surface area contributed by atoms with E-state index in [9.17, 15) is 0 Å². The van der Waals surface area contributed by atoms with Gasteiger partial charge in [-0.3, -0.25) is 0 Å². The number of fused-ring (bicyclic) bond motifs is 1. The summed E-state index contributed by atoms with van der Waals surface area (Å²) in [7, 11) is 0. The minimum atomic E-state index is 0.575. The molecule has 1 saturated carbocycles. The molecule has 0 unspecified atom stereocenters. The van der Waals surface area contributed by atoms with Gasteiger partial charge in [0, 0.05) is 13.2 Å². The van der Waals surface area contributed by atoms with E-state index in [-0.39, 0.29) is 0 Å². The van der Waals surface area contributed by atoms with E-state index in [0.717, 1.165) is 30.1 Å². The Kier molecular flexibility index (Phi) is 2.96. The number of rotatable bonds is 5. The molecule has 1 heterocycles. The molecule has 1 fully saturated rings. The Labute approximate surface area is 107 Å². The van der Waals surface area contributed by atoms with Crippen molar-refractivity contribution in [1.82, 2.24) is 9.55 Å². The van der Waals surface area contributed by atoms with Crippen molar-refractivity contribution in [3.63, 3.8) is 0 Å². The van der Waals surface area contributed by atoms with E-state index < -0.39 is 0 Å². The zero-order valence-electron chi connectivity index (χ0n) is 10.7. The van der Waals surface area contributed by atoms with Gasteiger partial charge < -0.3 is 15.0 Å². The number of benzene rings is 1. The van der Waals surface area contributed by atoms with Crippen LogP contribution in [0.4, 0.5) is 5.95 Å². The van der Waals surface area contributed by atoms with E-state index in [1.54, 1.807) is 0 Å². The highest BCUT2D eigenvalue weighted by Gasteiger charge is 2.21. The molecule has 0 radical (unpaired) electrons. The number of nitrogens with zero attached hydrogens (tertiary/aromatic N) is 2. The number of imidazole rings is 1. The van der Waals surface area contributed by atoms with Gasteiger partial charge >= 0.3 is 0 Å². The average Bonchev–Trinajstić information content (AvgIpc) is 3.11. The minimum absolute atomic E-state index is 0.575. The highest BCUT2D eigenvalue weighted by atomic mass is 16.5. The maximum absolute atomic E-state index is 5.95. The summed E-state index contributed by atoms with van der Waals surface area (Å²) >= 11 is 0. The molecule has 0 atom stereocenters. The first-order valence-electron chi connectivity index (χ1n) is 6.54. The predicted octanol–water partition coefficient (Wildman–Crippen LogP) is 2.35. The average molecular weight is 245 g/mol. The van der Waals surface area contributed by atoms with Gasteiger partial charge in [0.2, 0.25) is 5.95 Å². The lowest BCUT2D eigenvalue weighted by Gasteiger charge is -2.07. The van der Waals surface area contributed by atoms with Crippen LogP contribution in [0.15, 0.2) is 18.2 Å². The quantitative estimate of drug-likeness (QED) is 0.823. The summed E-state index contributed by atoms with van der Waals surface area (Å²) < 4.78 is 7.70. The van der Waals surface area contributed by atoms with Crippen LogP contribution >= 0.6 is 0 Å². The normalized spacial score (nSPS) is 15.4. The summed E-state index contributed by atoms with van der Waals surface area (Å²) in [6.45, 7) is 4.46. The molecule has 4 nitrogen and oxygen atoms in total. The Morgan fingerprint density at radius 1 is 1.44 bits per heavy atom. The fraction of sp³-hybridized carbons (Fsp3) is 0.500. The molecular formula is C14H19N3O. The van der Waals surface area contributed by atoms with Gasteiger partial charge in [0.25, 0.3) is 0 Å². The topological polar surface area (TPSA) is 53.1 Å². The van der Waals surface area contributed by atoms with Crippen molar-refractivity contribution in [2.75, 3.05) is 18.9 Å². The Hall–Kier alpha value is -1.55. The molecule has 0 spiro atoms. The predicted molar refractivity (Wildman–Crippen MR) is 72.4 cm³/mol. The first-order chi connectivity index (χ1) is 8.74. The third-order valence-corrected chi connectivity index (χ3v) is 3.44. The van der Waals surface area contributed by atoms with Crippen LogP contribution in [0.25, 0.3) is 11.0 Å². The molecule has 4 heteroatoms. The number of aryl methyl sites for hydroxylation is 1.